The largest absolute Gasteiger partial charge is 0.495 e. The molecular formula is C17H14ClN3O4. The number of benzene rings is 2. The Labute approximate surface area is 149 Å². The van der Waals surface area contributed by atoms with Gasteiger partial charge >= 0.3 is 12.1 Å². The molecule has 2 aromatic carbocycles. The minimum atomic E-state index is -1.34. The molecule has 0 bridgehead atoms. The molecule has 128 valence electrons. The molecule has 1 unspecified atom stereocenters. The zero-order valence-corrected chi connectivity index (χ0v) is 13.9. The van der Waals surface area contributed by atoms with Gasteiger partial charge in [0.15, 0.2) is 0 Å². The van der Waals surface area contributed by atoms with E-state index in [1.807, 2.05) is 0 Å². The Kier molecular flexibility index (Phi) is 6.20. The van der Waals surface area contributed by atoms with Crippen LogP contribution in [0.1, 0.15) is 0 Å². The second-order valence-electron chi connectivity index (χ2n) is 4.75. The maximum atomic E-state index is 12.0. The van der Waals surface area contributed by atoms with Crippen LogP contribution < -0.4 is 15.4 Å². The summed E-state index contributed by atoms with van der Waals surface area (Å²) in [6.07, 6.45) is -1.05. The Morgan fingerprint density at radius 3 is 2.56 bits per heavy atom. The molecular weight excluding hydrogens is 346 g/mol. The number of nitriles is 1. The van der Waals surface area contributed by atoms with Crippen LogP contribution in [0.5, 0.6) is 5.75 Å². The van der Waals surface area contributed by atoms with Gasteiger partial charge in [-0.05, 0) is 30.3 Å². The molecule has 2 N–H and O–H groups in total. The number of nitrogens with zero attached hydrogens (tertiary/aromatic N) is 1. The van der Waals surface area contributed by atoms with E-state index in [-0.39, 0.29) is 5.69 Å². The Morgan fingerprint density at radius 1 is 1.20 bits per heavy atom. The highest BCUT2D eigenvalue weighted by atomic mass is 35.5. The van der Waals surface area contributed by atoms with Crippen LogP contribution in [-0.4, -0.2) is 25.2 Å². The molecule has 2 rings (SSSR count). The molecule has 0 saturated carbocycles. The predicted molar refractivity (Wildman–Crippen MR) is 92.6 cm³/mol. The van der Waals surface area contributed by atoms with Crippen molar-refractivity contribution in [3.8, 4) is 11.8 Å². The van der Waals surface area contributed by atoms with E-state index in [0.717, 1.165) is 0 Å². The number of para-hydroxylation sites is 1. The van der Waals surface area contributed by atoms with Gasteiger partial charge in [-0.1, -0.05) is 29.8 Å². The molecule has 1 amide bonds. The second-order valence-corrected chi connectivity index (χ2v) is 5.19. The highest BCUT2D eigenvalue weighted by Gasteiger charge is 2.23. The summed E-state index contributed by atoms with van der Waals surface area (Å²) in [5.41, 5.74) is 0.778. The Bertz CT molecular complexity index is 805. The second kappa shape index (κ2) is 8.57. The summed E-state index contributed by atoms with van der Waals surface area (Å²) in [4.78, 5) is 23.9. The van der Waals surface area contributed by atoms with E-state index in [9.17, 15) is 9.59 Å². The van der Waals surface area contributed by atoms with Gasteiger partial charge in [0, 0.05) is 10.7 Å². The van der Waals surface area contributed by atoms with Gasteiger partial charge in [0.25, 0.3) is 0 Å². The number of anilines is 2. The van der Waals surface area contributed by atoms with Crippen molar-refractivity contribution in [1.82, 2.24) is 0 Å². The van der Waals surface area contributed by atoms with Crippen LogP contribution in [0, 0.1) is 11.3 Å². The molecule has 0 spiro atoms. The van der Waals surface area contributed by atoms with Crippen molar-refractivity contribution < 1.29 is 19.1 Å². The van der Waals surface area contributed by atoms with E-state index < -0.39 is 18.1 Å². The van der Waals surface area contributed by atoms with Gasteiger partial charge in [0.05, 0.1) is 18.9 Å². The van der Waals surface area contributed by atoms with Crippen LogP contribution in [0.25, 0.3) is 0 Å². The predicted octanol–water partition coefficient (Wildman–Crippen LogP) is 3.43. The van der Waals surface area contributed by atoms with Gasteiger partial charge in [0.2, 0.25) is 6.04 Å². The van der Waals surface area contributed by atoms with Crippen molar-refractivity contribution in [1.29, 1.82) is 5.26 Å². The molecule has 0 aliphatic carbocycles. The number of hydrogen-bond donors (Lipinski definition) is 2. The third-order valence-electron chi connectivity index (χ3n) is 3.04. The number of carbonyl (C=O) groups excluding carboxylic acids is 2. The lowest BCUT2D eigenvalue weighted by molar-refractivity contribution is -0.136. The van der Waals surface area contributed by atoms with Gasteiger partial charge in [-0.25, -0.2) is 9.59 Å². The van der Waals surface area contributed by atoms with Crippen molar-refractivity contribution in [3.05, 3.63) is 53.6 Å². The first kappa shape index (κ1) is 18.1. The summed E-state index contributed by atoms with van der Waals surface area (Å²) in [6, 6.07) is 13.6. The van der Waals surface area contributed by atoms with E-state index in [1.54, 1.807) is 48.5 Å². The van der Waals surface area contributed by atoms with Gasteiger partial charge < -0.3 is 14.8 Å². The summed E-state index contributed by atoms with van der Waals surface area (Å²) >= 11 is 5.86. The first-order valence-corrected chi connectivity index (χ1v) is 7.48. The highest BCUT2D eigenvalue weighted by molar-refractivity contribution is 6.31. The van der Waals surface area contributed by atoms with Crippen molar-refractivity contribution in [2.75, 3.05) is 17.7 Å². The van der Waals surface area contributed by atoms with Gasteiger partial charge in [-0.15, -0.1) is 0 Å². The molecule has 0 saturated heterocycles. The standard InChI is InChI=1S/C17H14ClN3O4/c1-24-15-8-7-11(18)9-13(15)21-17(23)25-16(22)14(10-19)20-12-5-3-2-4-6-12/h2-9,14,20H,1H3,(H,21,23). The lowest BCUT2D eigenvalue weighted by atomic mass is 10.2. The van der Waals surface area contributed by atoms with E-state index in [0.29, 0.717) is 16.5 Å². The number of ether oxygens (including phenoxy) is 2. The number of methoxy groups -OCH3 is 1. The van der Waals surface area contributed by atoms with E-state index in [2.05, 4.69) is 15.4 Å². The fourth-order valence-electron chi connectivity index (χ4n) is 1.91. The molecule has 0 heterocycles. The molecule has 2 aromatic rings. The van der Waals surface area contributed by atoms with E-state index in [1.165, 1.54) is 13.2 Å². The monoisotopic (exact) mass is 359 g/mol. The van der Waals surface area contributed by atoms with Crippen LogP contribution >= 0.6 is 11.6 Å². The molecule has 0 aromatic heterocycles. The van der Waals surface area contributed by atoms with Crippen LogP contribution in [0.3, 0.4) is 0 Å². The summed E-state index contributed by atoms with van der Waals surface area (Å²) in [6.45, 7) is 0. The average Bonchev–Trinajstić information content (AvgIpc) is 2.60. The molecule has 8 heteroatoms. The molecule has 0 aliphatic heterocycles. The zero-order chi connectivity index (χ0) is 18.2. The van der Waals surface area contributed by atoms with Gasteiger partial charge in [0.1, 0.15) is 5.75 Å². The molecule has 1 atom stereocenters. The fourth-order valence-corrected chi connectivity index (χ4v) is 2.08. The lowest BCUT2D eigenvalue weighted by Gasteiger charge is -2.13. The molecule has 0 radical (unpaired) electrons. The summed E-state index contributed by atoms with van der Waals surface area (Å²) in [5, 5.41) is 14.5. The number of hydrogen-bond acceptors (Lipinski definition) is 6. The van der Waals surface area contributed by atoms with Gasteiger partial charge in [-0.3, -0.25) is 5.32 Å². The third kappa shape index (κ3) is 5.12. The molecule has 0 aliphatic rings. The number of nitrogens with one attached hydrogen (secondary N) is 2. The molecule has 7 nitrogen and oxygen atoms in total. The Balaban J connectivity index is 2.00. The average molecular weight is 360 g/mol. The molecule has 0 fully saturated rings. The number of halogens is 1. The van der Waals surface area contributed by atoms with Crippen LogP contribution in [0.15, 0.2) is 48.5 Å². The maximum absolute atomic E-state index is 12.0. The van der Waals surface area contributed by atoms with Crippen molar-refractivity contribution >= 4 is 35.0 Å². The van der Waals surface area contributed by atoms with E-state index in [4.69, 9.17) is 21.6 Å². The minimum absolute atomic E-state index is 0.234. The maximum Gasteiger partial charge on any atom is 0.419 e. The van der Waals surface area contributed by atoms with Crippen LogP contribution in [-0.2, 0) is 9.53 Å². The lowest BCUT2D eigenvalue weighted by Crippen LogP contribution is -2.33. The summed E-state index contributed by atoms with van der Waals surface area (Å²) in [7, 11) is 1.42. The smallest absolute Gasteiger partial charge is 0.419 e. The topological polar surface area (TPSA) is 100 Å². The normalized spacial score (nSPS) is 10.9. The minimum Gasteiger partial charge on any atom is -0.495 e. The van der Waals surface area contributed by atoms with Crippen LogP contribution in [0.2, 0.25) is 5.02 Å². The summed E-state index contributed by atoms with van der Waals surface area (Å²) in [5.74, 6) is -0.696. The Morgan fingerprint density at radius 2 is 1.92 bits per heavy atom. The number of carbonyl (C=O) groups is 2. The first-order chi connectivity index (χ1) is 12.0. The fraction of sp³-hybridized carbons (Fsp3) is 0.118. The third-order valence-corrected chi connectivity index (χ3v) is 3.28. The van der Waals surface area contributed by atoms with Crippen molar-refractivity contribution in [2.24, 2.45) is 0 Å². The van der Waals surface area contributed by atoms with Crippen LogP contribution in [0.4, 0.5) is 16.2 Å². The highest BCUT2D eigenvalue weighted by Crippen LogP contribution is 2.27. The number of amides is 1. The van der Waals surface area contributed by atoms with Gasteiger partial charge in [-0.2, -0.15) is 5.26 Å². The number of rotatable bonds is 5. The van der Waals surface area contributed by atoms with Crippen molar-refractivity contribution in [2.45, 2.75) is 6.04 Å². The first-order valence-electron chi connectivity index (χ1n) is 7.11. The zero-order valence-electron chi connectivity index (χ0n) is 13.2. The van der Waals surface area contributed by atoms with E-state index >= 15 is 0 Å². The summed E-state index contributed by atoms with van der Waals surface area (Å²) < 4.78 is 9.72. The SMILES string of the molecule is COc1ccc(Cl)cc1NC(=O)OC(=O)C(C#N)Nc1ccccc1. The van der Waals surface area contributed by atoms with Crippen molar-refractivity contribution in [3.63, 3.8) is 0 Å². The Hall–Kier alpha value is -3.24. The quantitative estimate of drug-likeness (QED) is 0.626. The number of esters is 1. The molecule has 25 heavy (non-hydrogen) atoms.